The zero-order valence-corrected chi connectivity index (χ0v) is 9.41. The molecule has 1 fully saturated rings. The predicted molar refractivity (Wildman–Crippen MR) is 59.8 cm³/mol. The third-order valence-corrected chi connectivity index (χ3v) is 2.76. The number of carbonyl (C=O) groups excluding carboxylic acids is 1. The molecule has 1 aromatic rings. The van der Waals surface area contributed by atoms with Gasteiger partial charge in [-0.3, -0.25) is 0 Å². The highest BCUT2D eigenvalue weighted by Gasteiger charge is 2.29. The topological polar surface area (TPSA) is 82.9 Å². The highest BCUT2D eigenvalue weighted by Crippen LogP contribution is 2.21. The second-order valence-corrected chi connectivity index (χ2v) is 3.93. The minimum Gasteiger partial charge on any atom is -0.464 e. The maximum atomic E-state index is 11.3. The summed E-state index contributed by atoms with van der Waals surface area (Å²) in [5.74, 6) is -0.507. The Balaban J connectivity index is 2.19. The van der Waals surface area contributed by atoms with Gasteiger partial charge in [0.2, 0.25) is 0 Å². The van der Waals surface area contributed by atoms with Gasteiger partial charge in [-0.15, -0.1) is 0 Å². The van der Waals surface area contributed by atoms with Gasteiger partial charge in [-0.05, 0) is 12.1 Å². The smallest absolute Gasteiger partial charge is 0.356 e. The van der Waals surface area contributed by atoms with E-state index in [0.29, 0.717) is 13.1 Å². The molecule has 0 spiro atoms. The Morgan fingerprint density at radius 2 is 2.12 bits per heavy atom. The lowest BCUT2D eigenvalue weighted by Crippen LogP contribution is -2.22. The number of ether oxygens (including phenoxy) is 1. The van der Waals surface area contributed by atoms with Crippen LogP contribution in [-0.2, 0) is 4.74 Å². The van der Waals surface area contributed by atoms with Crippen molar-refractivity contribution in [3.05, 3.63) is 24.0 Å². The fraction of sp³-hybridized carbons (Fsp3) is 0.455. The van der Waals surface area contributed by atoms with Crippen LogP contribution in [0.15, 0.2) is 18.3 Å². The molecule has 1 aliphatic rings. The average molecular weight is 238 g/mol. The Bertz CT molecular complexity index is 414. The van der Waals surface area contributed by atoms with Crippen molar-refractivity contribution in [1.82, 2.24) is 4.98 Å². The number of rotatable bonds is 2. The van der Waals surface area contributed by atoms with E-state index in [1.807, 2.05) is 0 Å². The fourth-order valence-corrected chi connectivity index (χ4v) is 1.81. The van der Waals surface area contributed by atoms with Crippen LogP contribution in [0.5, 0.6) is 0 Å². The van der Waals surface area contributed by atoms with E-state index in [9.17, 15) is 15.0 Å². The molecule has 1 saturated heterocycles. The molecule has 2 heterocycles. The van der Waals surface area contributed by atoms with Crippen LogP contribution < -0.4 is 4.90 Å². The van der Waals surface area contributed by atoms with Crippen molar-refractivity contribution >= 4 is 11.7 Å². The summed E-state index contributed by atoms with van der Waals surface area (Å²) >= 11 is 0. The molecule has 92 valence electrons. The summed E-state index contributed by atoms with van der Waals surface area (Å²) in [5.41, 5.74) is 0.942. The van der Waals surface area contributed by atoms with Crippen molar-refractivity contribution in [2.24, 2.45) is 0 Å². The van der Waals surface area contributed by atoms with E-state index in [2.05, 4.69) is 9.72 Å². The number of anilines is 1. The van der Waals surface area contributed by atoms with Crippen molar-refractivity contribution in [3.63, 3.8) is 0 Å². The number of carbonyl (C=O) groups is 1. The van der Waals surface area contributed by atoms with Crippen molar-refractivity contribution in [1.29, 1.82) is 0 Å². The minimum absolute atomic E-state index is 0.209. The predicted octanol–water partition coefficient (Wildman–Crippen LogP) is -0.590. The third kappa shape index (κ3) is 2.37. The summed E-state index contributed by atoms with van der Waals surface area (Å²) in [6.45, 7) is 0.678. The normalized spacial score (nSPS) is 23.8. The molecule has 0 aliphatic carbocycles. The van der Waals surface area contributed by atoms with Crippen molar-refractivity contribution < 1.29 is 19.7 Å². The molecule has 2 atom stereocenters. The summed E-state index contributed by atoms with van der Waals surface area (Å²) in [7, 11) is 1.29. The first-order valence-corrected chi connectivity index (χ1v) is 5.27. The number of β-amino-alcohol motifs (C(OH)–C–C–N with tert-alkyl or cyclic N) is 2. The monoisotopic (exact) mass is 238 g/mol. The lowest BCUT2D eigenvalue weighted by Gasteiger charge is -2.17. The van der Waals surface area contributed by atoms with Gasteiger partial charge in [-0.25, -0.2) is 9.78 Å². The summed E-state index contributed by atoms with van der Waals surface area (Å²) in [5, 5.41) is 18.9. The van der Waals surface area contributed by atoms with Gasteiger partial charge in [-0.1, -0.05) is 0 Å². The molecule has 6 heteroatoms. The number of hydrogen-bond donors (Lipinski definition) is 2. The first-order chi connectivity index (χ1) is 8.11. The number of nitrogens with zero attached hydrogens (tertiary/aromatic N) is 2. The van der Waals surface area contributed by atoms with Crippen LogP contribution in [0.25, 0.3) is 0 Å². The molecule has 1 aromatic heterocycles. The number of aliphatic hydroxyl groups is 2. The number of aliphatic hydroxyl groups excluding tert-OH is 2. The van der Waals surface area contributed by atoms with Crippen LogP contribution in [-0.4, -0.2) is 53.6 Å². The molecule has 1 aliphatic heterocycles. The van der Waals surface area contributed by atoms with Gasteiger partial charge in [0.05, 0.1) is 19.3 Å². The number of hydrogen-bond acceptors (Lipinski definition) is 6. The molecular weight excluding hydrogens is 224 g/mol. The van der Waals surface area contributed by atoms with Crippen molar-refractivity contribution in [2.75, 3.05) is 25.1 Å². The third-order valence-electron chi connectivity index (χ3n) is 2.76. The minimum atomic E-state index is -0.759. The molecule has 6 nitrogen and oxygen atoms in total. The summed E-state index contributed by atoms with van der Waals surface area (Å²) < 4.78 is 4.58. The largest absolute Gasteiger partial charge is 0.464 e. The van der Waals surface area contributed by atoms with E-state index in [-0.39, 0.29) is 5.69 Å². The Kier molecular flexibility index (Phi) is 3.26. The summed E-state index contributed by atoms with van der Waals surface area (Å²) in [4.78, 5) is 17.0. The molecule has 17 heavy (non-hydrogen) atoms. The maximum Gasteiger partial charge on any atom is 0.356 e. The molecule has 2 unspecified atom stereocenters. The molecule has 2 N–H and O–H groups in total. The van der Waals surface area contributed by atoms with Crippen LogP contribution in [0.2, 0.25) is 0 Å². The average Bonchev–Trinajstić information content (AvgIpc) is 2.69. The van der Waals surface area contributed by atoms with E-state index in [0.717, 1.165) is 5.69 Å². The highest BCUT2D eigenvalue weighted by molar-refractivity contribution is 5.88. The lowest BCUT2D eigenvalue weighted by atomic mass is 10.3. The van der Waals surface area contributed by atoms with Crippen LogP contribution in [0, 0.1) is 0 Å². The number of aromatic nitrogens is 1. The summed E-state index contributed by atoms with van der Waals surface area (Å²) in [6.07, 6.45) is -0.0203. The van der Waals surface area contributed by atoms with E-state index < -0.39 is 18.2 Å². The zero-order chi connectivity index (χ0) is 12.4. The maximum absolute atomic E-state index is 11.3. The summed E-state index contributed by atoms with van der Waals surface area (Å²) in [6, 6.07) is 3.30. The number of esters is 1. The van der Waals surface area contributed by atoms with Crippen LogP contribution in [0.1, 0.15) is 10.5 Å². The van der Waals surface area contributed by atoms with Gasteiger partial charge >= 0.3 is 5.97 Å². The molecule has 0 saturated carbocycles. The van der Waals surface area contributed by atoms with Crippen molar-refractivity contribution in [2.45, 2.75) is 12.2 Å². The Morgan fingerprint density at radius 3 is 2.71 bits per heavy atom. The second-order valence-electron chi connectivity index (χ2n) is 3.93. The van der Waals surface area contributed by atoms with Gasteiger partial charge < -0.3 is 19.8 Å². The lowest BCUT2D eigenvalue weighted by molar-refractivity contribution is 0.0572. The van der Waals surface area contributed by atoms with Gasteiger partial charge in [0.25, 0.3) is 0 Å². The van der Waals surface area contributed by atoms with Gasteiger partial charge in [0, 0.05) is 25.0 Å². The van der Waals surface area contributed by atoms with Crippen LogP contribution >= 0.6 is 0 Å². The first kappa shape index (κ1) is 11.8. The van der Waals surface area contributed by atoms with Gasteiger partial charge in [0.1, 0.15) is 5.69 Å². The molecule has 0 amide bonds. The Labute approximate surface area is 98.5 Å². The SMILES string of the molecule is COC(=O)c1cc(N2CC(O)C(O)C2)ccn1. The van der Waals surface area contributed by atoms with Crippen molar-refractivity contribution in [3.8, 4) is 0 Å². The van der Waals surface area contributed by atoms with E-state index in [1.165, 1.54) is 13.3 Å². The fourth-order valence-electron chi connectivity index (χ4n) is 1.81. The molecule has 0 bridgehead atoms. The quantitative estimate of drug-likeness (QED) is 0.670. The van der Waals surface area contributed by atoms with Crippen LogP contribution in [0.3, 0.4) is 0 Å². The number of methoxy groups -OCH3 is 1. The molecular formula is C11H14N2O4. The number of pyridine rings is 1. The van der Waals surface area contributed by atoms with Gasteiger partial charge in [-0.2, -0.15) is 0 Å². The van der Waals surface area contributed by atoms with E-state index >= 15 is 0 Å². The molecule has 0 radical (unpaired) electrons. The molecule has 0 aromatic carbocycles. The highest BCUT2D eigenvalue weighted by atomic mass is 16.5. The Morgan fingerprint density at radius 1 is 1.47 bits per heavy atom. The standard InChI is InChI=1S/C11H14N2O4/c1-17-11(16)8-4-7(2-3-12-8)13-5-9(14)10(15)6-13/h2-4,9-10,14-15H,5-6H2,1H3. The second kappa shape index (κ2) is 4.68. The van der Waals surface area contributed by atoms with Gasteiger partial charge in [0.15, 0.2) is 0 Å². The molecule has 2 rings (SSSR count). The zero-order valence-electron chi connectivity index (χ0n) is 9.41. The Hall–Kier alpha value is -1.66. The first-order valence-electron chi connectivity index (χ1n) is 5.27. The van der Waals surface area contributed by atoms with E-state index in [4.69, 9.17) is 0 Å². The van der Waals surface area contributed by atoms with E-state index in [1.54, 1.807) is 17.0 Å². The van der Waals surface area contributed by atoms with Crippen LogP contribution in [0.4, 0.5) is 5.69 Å².